The summed E-state index contributed by atoms with van der Waals surface area (Å²) in [6, 6.07) is 7.97. The van der Waals surface area contributed by atoms with E-state index in [0.717, 1.165) is 37.0 Å². The SMILES string of the molecule is CCOC(=S)SC(CCC(=O)C1CC=CCC1)c1ccc(OC)cc1. The number of benzene rings is 1. The van der Waals surface area contributed by atoms with Crippen molar-refractivity contribution in [3.05, 3.63) is 42.0 Å². The van der Waals surface area contributed by atoms with Gasteiger partial charge < -0.3 is 9.47 Å². The largest absolute Gasteiger partial charge is 0.497 e. The van der Waals surface area contributed by atoms with Crippen molar-refractivity contribution in [2.75, 3.05) is 13.7 Å². The molecule has 1 aliphatic carbocycles. The summed E-state index contributed by atoms with van der Waals surface area (Å²) < 4.78 is 11.2. The molecule has 0 radical (unpaired) electrons. The number of carbonyl (C=O) groups excluding carboxylic acids is 1. The third kappa shape index (κ3) is 6.48. The minimum Gasteiger partial charge on any atom is -0.497 e. The first-order valence-corrected chi connectivity index (χ1v) is 10.1. The van der Waals surface area contributed by atoms with Gasteiger partial charge in [-0.1, -0.05) is 36.0 Å². The summed E-state index contributed by atoms with van der Waals surface area (Å²) in [4.78, 5) is 12.5. The number of allylic oxidation sites excluding steroid dienone is 2. The van der Waals surface area contributed by atoms with Crippen LogP contribution < -0.4 is 4.74 Å². The van der Waals surface area contributed by atoms with Crippen molar-refractivity contribution in [3.8, 4) is 5.75 Å². The van der Waals surface area contributed by atoms with E-state index in [0.29, 0.717) is 23.2 Å². The van der Waals surface area contributed by atoms with Crippen LogP contribution in [0.5, 0.6) is 5.75 Å². The summed E-state index contributed by atoms with van der Waals surface area (Å²) in [5, 5.41) is 0.119. The van der Waals surface area contributed by atoms with Crippen LogP contribution in [0.4, 0.5) is 0 Å². The molecule has 1 aromatic carbocycles. The zero-order valence-corrected chi connectivity index (χ0v) is 16.5. The van der Waals surface area contributed by atoms with Gasteiger partial charge in [0.05, 0.1) is 13.7 Å². The molecule has 136 valence electrons. The lowest BCUT2D eigenvalue weighted by atomic mass is 9.88. The summed E-state index contributed by atoms with van der Waals surface area (Å²) in [6.45, 7) is 2.49. The molecule has 1 aliphatic rings. The van der Waals surface area contributed by atoms with Gasteiger partial charge in [0, 0.05) is 17.6 Å². The van der Waals surface area contributed by atoms with Gasteiger partial charge in [-0.15, -0.1) is 0 Å². The maximum Gasteiger partial charge on any atom is 0.220 e. The molecular formula is C20H26O3S2. The number of thioether (sulfide) groups is 1. The lowest BCUT2D eigenvalue weighted by molar-refractivity contribution is -0.123. The maximum absolute atomic E-state index is 12.5. The van der Waals surface area contributed by atoms with Crippen molar-refractivity contribution in [1.82, 2.24) is 0 Å². The average Bonchev–Trinajstić information content (AvgIpc) is 2.66. The second-order valence-corrected chi connectivity index (χ2v) is 7.85. The molecule has 0 bridgehead atoms. The molecule has 2 rings (SSSR count). The Labute approximate surface area is 160 Å². The summed E-state index contributed by atoms with van der Waals surface area (Å²) in [6.07, 6.45) is 8.53. The van der Waals surface area contributed by atoms with Crippen molar-refractivity contribution >= 4 is 34.1 Å². The Kier molecular flexibility index (Phi) is 8.49. The predicted octanol–water partition coefficient (Wildman–Crippen LogP) is 5.50. The standard InChI is InChI=1S/C20H26O3S2/c1-3-23-20(24)25-19(16-9-11-17(22-2)12-10-16)14-13-18(21)15-7-5-4-6-8-15/h4-5,9-12,15,19H,3,6-8,13-14H2,1-2H3. The molecule has 0 heterocycles. The quantitative estimate of drug-likeness (QED) is 0.441. The van der Waals surface area contributed by atoms with Crippen molar-refractivity contribution in [2.24, 2.45) is 5.92 Å². The van der Waals surface area contributed by atoms with E-state index in [2.05, 4.69) is 12.2 Å². The number of hydrogen-bond donors (Lipinski definition) is 0. The van der Waals surface area contributed by atoms with Crippen LogP contribution in [-0.2, 0) is 9.53 Å². The first kappa shape index (κ1) is 20.0. The topological polar surface area (TPSA) is 35.5 Å². The molecule has 0 fully saturated rings. The Morgan fingerprint density at radius 3 is 2.68 bits per heavy atom. The summed E-state index contributed by atoms with van der Waals surface area (Å²) >= 11 is 6.83. The lowest BCUT2D eigenvalue weighted by Gasteiger charge is -2.20. The fraction of sp³-hybridized carbons (Fsp3) is 0.500. The molecule has 0 aliphatic heterocycles. The average molecular weight is 379 g/mol. The van der Waals surface area contributed by atoms with E-state index in [9.17, 15) is 4.79 Å². The van der Waals surface area contributed by atoms with E-state index in [4.69, 9.17) is 21.7 Å². The van der Waals surface area contributed by atoms with Gasteiger partial charge in [0.2, 0.25) is 4.38 Å². The smallest absolute Gasteiger partial charge is 0.220 e. The molecule has 0 saturated carbocycles. The van der Waals surface area contributed by atoms with Crippen molar-refractivity contribution in [2.45, 2.75) is 44.3 Å². The van der Waals surface area contributed by atoms with E-state index in [1.165, 1.54) is 11.8 Å². The van der Waals surface area contributed by atoms with Gasteiger partial charge in [-0.2, -0.15) is 0 Å². The second kappa shape index (κ2) is 10.6. The maximum atomic E-state index is 12.5. The third-order valence-electron chi connectivity index (χ3n) is 4.37. The highest BCUT2D eigenvalue weighted by molar-refractivity contribution is 8.22. The number of hydrogen-bond acceptors (Lipinski definition) is 5. The Morgan fingerprint density at radius 1 is 1.32 bits per heavy atom. The molecule has 2 atom stereocenters. The van der Waals surface area contributed by atoms with Gasteiger partial charge in [0.1, 0.15) is 11.5 Å². The predicted molar refractivity (Wildman–Crippen MR) is 108 cm³/mol. The summed E-state index contributed by atoms with van der Waals surface area (Å²) in [5.74, 6) is 1.38. The zero-order valence-electron chi connectivity index (χ0n) is 14.9. The third-order valence-corrected chi connectivity index (χ3v) is 5.87. The van der Waals surface area contributed by atoms with Crippen LogP contribution in [-0.4, -0.2) is 23.9 Å². The highest BCUT2D eigenvalue weighted by Gasteiger charge is 2.22. The van der Waals surface area contributed by atoms with Crippen molar-refractivity contribution < 1.29 is 14.3 Å². The highest BCUT2D eigenvalue weighted by Crippen LogP contribution is 2.36. The van der Waals surface area contributed by atoms with Crippen molar-refractivity contribution in [1.29, 1.82) is 0 Å². The van der Waals surface area contributed by atoms with Gasteiger partial charge >= 0.3 is 0 Å². The number of methoxy groups -OCH3 is 1. The first-order chi connectivity index (χ1) is 12.1. The van der Waals surface area contributed by atoms with E-state index < -0.39 is 0 Å². The zero-order chi connectivity index (χ0) is 18.1. The number of thiocarbonyl (C=S) groups is 1. The monoisotopic (exact) mass is 378 g/mol. The van der Waals surface area contributed by atoms with Crippen molar-refractivity contribution in [3.63, 3.8) is 0 Å². The fourth-order valence-electron chi connectivity index (χ4n) is 2.94. The van der Waals surface area contributed by atoms with Crippen LogP contribution in [0.1, 0.15) is 49.8 Å². The molecule has 0 spiro atoms. The molecule has 0 aromatic heterocycles. The van der Waals surface area contributed by atoms with Crippen LogP contribution in [0, 0.1) is 5.92 Å². The molecule has 0 N–H and O–H groups in total. The van der Waals surface area contributed by atoms with Crippen LogP contribution in [0.25, 0.3) is 0 Å². The van der Waals surface area contributed by atoms with Gasteiger partial charge in [-0.05, 0) is 62.5 Å². The number of rotatable bonds is 8. The number of ether oxygens (including phenoxy) is 2. The summed E-state index contributed by atoms with van der Waals surface area (Å²) in [5.41, 5.74) is 1.14. The Bertz CT molecular complexity index is 595. The van der Waals surface area contributed by atoms with Gasteiger partial charge in [0.15, 0.2) is 0 Å². The Balaban J connectivity index is 2.01. The lowest BCUT2D eigenvalue weighted by Crippen LogP contribution is -2.16. The molecule has 0 saturated heterocycles. The molecule has 3 nitrogen and oxygen atoms in total. The van der Waals surface area contributed by atoms with Crippen LogP contribution >= 0.6 is 24.0 Å². The van der Waals surface area contributed by atoms with Crippen LogP contribution in [0.2, 0.25) is 0 Å². The first-order valence-electron chi connectivity index (χ1n) is 8.79. The highest BCUT2D eigenvalue weighted by atomic mass is 32.2. The molecule has 0 amide bonds. The Morgan fingerprint density at radius 2 is 2.08 bits per heavy atom. The van der Waals surface area contributed by atoms with Gasteiger partial charge in [-0.25, -0.2) is 0 Å². The van der Waals surface area contributed by atoms with E-state index in [1.807, 2.05) is 31.2 Å². The van der Waals surface area contributed by atoms with E-state index >= 15 is 0 Å². The molecular weight excluding hydrogens is 352 g/mol. The number of carbonyl (C=O) groups is 1. The number of Topliss-reactive ketones (excluding diaryl/α,β-unsaturated/α-hetero) is 1. The molecule has 1 aromatic rings. The van der Waals surface area contributed by atoms with Crippen LogP contribution in [0.3, 0.4) is 0 Å². The minimum atomic E-state index is 0.119. The molecule has 2 unspecified atom stereocenters. The van der Waals surface area contributed by atoms with Gasteiger partial charge in [0.25, 0.3) is 0 Å². The van der Waals surface area contributed by atoms with Gasteiger partial charge in [-0.3, -0.25) is 4.79 Å². The Hall–Kier alpha value is -1.33. The summed E-state index contributed by atoms with van der Waals surface area (Å²) in [7, 11) is 1.66. The van der Waals surface area contributed by atoms with E-state index in [1.54, 1.807) is 7.11 Å². The minimum absolute atomic E-state index is 0.119. The second-order valence-electron chi connectivity index (χ2n) is 6.05. The fourth-order valence-corrected chi connectivity index (χ4v) is 4.36. The molecule has 25 heavy (non-hydrogen) atoms. The number of ketones is 1. The molecule has 5 heteroatoms. The normalized spacial score (nSPS) is 17.8. The van der Waals surface area contributed by atoms with Crippen LogP contribution in [0.15, 0.2) is 36.4 Å². The van der Waals surface area contributed by atoms with E-state index in [-0.39, 0.29) is 11.2 Å².